The van der Waals surface area contributed by atoms with E-state index in [4.69, 9.17) is 5.11 Å². The molecule has 0 atom stereocenters. The number of aromatic nitrogens is 2. The highest BCUT2D eigenvalue weighted by molar-refractivity contribution is 7.94. The van der Waals surface area contributed by atoms with E-state index in [0.29, 0.717) is 47.8 Å². The monoisotopic (exact) mass is 1450 g/mol. The highest BCUT2D eigenvalue weighted by Gasteiger charge is 2.37. The van der Waals surface area contributed by atoms with Crippen LogP contribution in [0.1, 0.15) is 115 Å². The maximum Gasteiger partial charge on any atom is 0.303 e. The molecule has 3 aliphatic carbocycles. The minimum atomic E-state index is -4.41. The molecule has 3 heterocycles. The van der Waals surface area contributed by atoms with Gasteiger partial charge in [0.2, 0.25) is 5.78 Å². The number of rotatable bonds is 20. The summed E-state index contributed by atoms with van der Waals surface area (Å²) in [6.45, 7) is 2.03. The van der Waals surface area contributed by atoms with Crippen LogP contribution < -0.4 is 41.9 Å². The standard InChI is InChI=1S/C46H36N6O4.C29H36N2O13S3/c53-43-39-19-9-21-41(51-39)45(55)49-25-37-31-15-5-7-17-33(31)38(34-18-8-6-16-32(34)37)26-50-46(56)42-22-10-20-40(52-42)44(54)48-24-36-28-12-2-1-11-27(28)35(23-47-43)29-13-3-4-14-30(29)36;32-25(33)5-1-14-30(16-3-19-46(37,38)39)23-10-6-21(7-11-23)26-28(34)27(29(26)35)22-8-12-24(13-9-22)31(15-2-18-45-44-43-36)17-4-20-47(40,41)42/h1-5,7,9-22H,6,8,23-26H2,(H,47,53)(H,48,54)(H,49,55)(H,50,56);6-13H,1-5,14-20H2,(H4-,32,33,34,35,36,37,38,39,40,41,42)/p-2. The van der Waals surface area contributed by atoms with Crippen LogP contribution in [0.3, 0.4) is 0 Å². The highest BCUT2D eigenvalue weighted by atomic mass is 32.2. The molecule has 0 radical (unpaired) electrons. The maximum atomic E-state index is 13.7. The number of Topliss-reactive ketones (excluding diaryl/α,β-unsaturated/α-hetero) is 1. The predicted molar refractivity (Wildman–Crippen MR) is 384 cm³/mol. The molecule has 8 bridgehead atoms. The molecule has 0 saturated heterocycles. The number of carbonyl (C=O) groups is 6. The molecule has 12 rings (SSSR count). The molecule has 0 unspecified atom stereocenters. The number of carbonyl (C=O) groups excluding carboxylic acids is 5. The molecule has 25 nitrogen and oxygen atoms in total. The van der Waals surface area contributed by atoms with E-state index < -0.39 is 67.1 Å². The quantitative estimate of drug-likeness (QED) is 0.00689. The van der Waals surface area contributed by atoms with E-state index in [2.05, 4.69) is 52.8 Å². The summed E-state index contributed by atoms with van der Waals surface area (Å²) in [4.78, 5) is 89.4. The van der Waals surface area contributed by atoms with Crippen molar-refractivity contribution >= 4 is 129 Å². The van der Waals surface area contributed by atoms with Gasteiger partial charge in [0.05, 0.1) is 31.4 Å². The number of fused-ring (bicyclic) bond motifs is 10. The fraction of sp³-hybridized carbons (Fsp3) is 0.240. The molecule has 28 heteroatoms. The Morgan fingerprint density at radius 3 is 1.38 bits per heavy atom. The van der Waals surface area contributed by atoms with Gasteiger partial charge in [0.25, 0.3) is 23.6 Å². The summed E-state index contributed by atoms with van der Waals surface area (Å²) >= 11 is 0.811. The van der Waals surface area contributed by atoms with Gasteiger partial charge in [-0.1, -0.05) is 109 Å². The normalized spacial score (nSPS) is 15.0. The average molecular weight is 1450 g/mol. The van der Waals surface area contributed by atoms with Gasteiger partial charge in [-0.05, 0) is 150 Å². The van der Waals surface area contributed by atoms with Crippen molar-refractivity contribution in [3.8, 4) is 0 Å². The molecule has 6 aromatic carbocycles. The Labute approximate surface area is 596 Å². The summed E-state index contributed by atoms with van der Waals surface area (Å²) in [6, 6.07) is 40.0. The number of allylic oxidation sites excluding steroid dienone is 7. The topological polar surface area (TPSA) is 379 Å². The lowest BCUT2D eigenvalue weighted by Crippen LogP contribution is -2.39. The summed E-state index contributed by atoms with van der Waals surface area (Å²) in [5.41, 5.74) is 6.65. The van der Waals surface area contributed by atoms with E-state index in [1.807, 2.05) is 77.4 Å². The van der Waals surface area contributed by atoms with Gasteiger partial charge in [0.1, 0.15) is 41.6 Å². The molecule has 0 spiro atoms. The third-order valence-corrected chi connectivity index (χ3v) is 20.0. The first-order valence-electron chi connectivity index (χ1n) is 33.1. The van der Waals surface area contributed by atoms with Crippen LogP contribution >= 0.6 is 12.0 Å². The molecule has 2 aromatic heterocycles. The Morgan fingerprint density at radius 1 is 0.534 bits per heavy atom. The molecular formula is C75H70N8O17S3-2. The van der Waals surface area contributed by atoms with Crippen LogP contribution in [0.5, 0.6) is 0 Å². The summed E-state index contributed by atoms with van der Waals surface area (Å²) in [5.74, 6) is -3.88. The van der Waals surface area contributed by atoms with Crippen LogP contribution in [0.15, 0.2) is 175 Å². The van der Waals surface area contributed by atoms with Crippen molar-refractivity contribution in [2.75, 3.05) is 48.3 Å². The average Bonchev–Trinajstić information content (AvgIpc) is 0.769. The van der Waals surface area contributed by atoms with Crippen molar-refractivity contribution < 1.29 is 84.1 Å². The SMILES string of the molecule is O=C(O)CCCN(CCCS(=O)(=O)[O-])c1ccc(C2=C(O)C(=C3C=CC(=[N+](CCCSOO[O-])CCCS(=O)(=O)[O-])C=C3)C2=O)cc1.O=C1NCc2c3c(c(c4ccccc24)CNC(=O)c2cccc(n2)C(=O)NCc2c4ccccc4c(c4ccccc24)CNC(=O)c2cccc1n2)=CCCC=3. The number of aliphatic carboxylic acids is 1. The number of amides is 4. The largest absolute Gasteiger partial charge is 0.748 e. The number of pyridine rings is 2. The van der Waals surface area contributed by atoms with Crippen molar-refractivity contribution in [1.82, 2.24) is 31.2 Å². The number of carboxylic acids is 1. The summed E-state index contributed by atoms with van der Waals surface area (Å²) in [6.07, 6.45) is 13.6. The predicted octanol–water partition coefficient (Wildman–Crippen LogP) is 6.54. The van der Waals surface area contributed by atoms with Gasteiger partial charge in [-0.25, -0.2) is 31.4 Å². The Morgan fingerprint density at radius 2 is 0.951 bits per heavy atom. The third-order valence-electron chi connectivity index (χ3n) is 17.8. The van der Waals surface area contributed by atoms with E-state index in [-0.39, 0.29) is 105 Å². The van der Waals surface area contributed by atoms with E-state index in [1.165, 1.54) is 0 Å². The number of hydrogen-bond donors (Lipinski definition) is 6. The van der Waals surface area contributed by atoms with E-state index in [0.717, 1.165) is 89.9 Å². The Balaban J connectivity index is 0.000000211. The number of aliphatic hydroxyl groups excluding tert-OH is 1. The molecule has 532 valence electrons. The number of hydrogen-bond acceptors (Lipinski definition) is 20. The molecule has 4 amide bonds. The maximum absolute atomic E-state index is 13.7. The molecule has 8 aromatic rings. The fourth-order valence-electron chi connectivity index (χ4n) is 13.0. The number of nitrogens with one attached hydrogen (secondary N) is 4. The van der Waals surface area contributed by atoms with Gasteiger partial charge in [-0.3, -0.25) is 33.8 Å². The smallest absolute Gasteiger partial charge is 0.303 e. The lowest BCUT2D eigenvalue weighted by Gasteiger charge is -2.27. The molecule has 0 saturated carbocycles. The first-order chi connectivity index (χ1) is 49.6. The lowest BCUT2D eigenvalue weighted by atomic mass is 9.80. The molecule has 4 aliphatic rings. The van der Waals surface area contributed by atoms with Crippen LogP contribution in [-0.2, 0) is 65.4 Å². The second kappa shape index (κ2) is 33.5. The van der Waals surface area contributed by atoms with Crippen LogP contribution in [0.4, 0.5) is 5.69 Å². The van der Waals surface area contributed by atoms with Crippen molar-refractivity contribution in [3.05, 3.63) is 236 Å². The van der Waals surface area contributed by atoms with Gasteiger partial charge in [0, 0.05) is 106 Å². The zero-order valence-electron chi connectivity index (χ0n) is 55.4. The third kappa shape index (κ3) is 18.2. The van der Waals surface area contributed by atoms with E-state index >= 15 is 0 Å². The minimum Gasteiger partial charge on any atom is -0.748 e. The van der Waals surface area contributed by atoms with Gasteiger partial charge in [0.15, 0.2) is 5.71 Å². The zero-order valence-corrected chi connectivity index (χ0v) is 57.9. The van der Waals surface area contributed by atoms with E-state index in [9.17, 15) is 65.1 Å². The number of carboxylic acid groups (broad SMARTS) is 1. The molecular weight excluding hydrogens is 1380 g/mol. The Hall–Kier alpha value is -10.6. The number of anilines is 1. The van der Waals surface area contributed by atoms with Crippen molar-refractivity contribution in [3.63, 3.8) is 0 Å². The lowest BCUT2D eigenvalue weighted by molar-refractivity contribution is -0.777. The van der Waals surface area contributed by atoms with Gasteiger partial charge < -0.3 is 50.7 Å². The number of aliphatic hydroxyl groups is 1. The van der Waals surface area contributed by atoms with Gasteiger partial charge in [-0.15, -0.1) is 0 Å². The second-order valence-corrected chi connectivity index (χ2v) is 28.3. The minimum absolute atomic E-state index is 0.0496. The van der Waals surface area contributed by atoms with Crippen molar-refractivity contribution in [2.24, 2.45) is 0 Å². The van der Waals surface area contributed by atoms with Crippen molar-refractivity contribution in [2.45, 2.75) is 71.1 Å². The van der Waals surface area contributed by atoms with Crippen LogP contribution in [-0.4, -0.2) is 135 Å². The summed E-state index contributed by atoms with van der Waals surface area (Å²) in [7, 11) is -8.80. The zero-order chi connectivity index (χ0) is 72.8. The van der Waals surface area contributed by atoms with Crippen LogP contribution in [0, 0.1) is 0 Å². The molecule has 6 N–H and O–H groups in total. The molecule has 1 aliphatic heterocycles. The molecule has 0 fully saturated rings. The second-order valence-electron chi connectivity index (χ2n) is 24.4. The molecule has 103 heavy (non-hydrogen) atoms. The van der Waals surface area contributed by atoms with Crippen molar-refractivity contribution in [1.29, 1.82) is 0 Å². The Kier molecular flexibility index (Phi) is 23.9. The Bertz CT molecular complexity index is 4960. The van der Waals surface area contributed by atoms with E-state index in [1.54, 1.807) is 89.9 Å². The highest BCUT2D eigenvalue weighted by Crippen LogP contribution is 2.40. The fourth-order valence-corrected chi connectivity index (χ4v) is 14.4. The summed E-state index contributed by atoms with van der Waals surface area (Å²) in [5, 5.41) is 52.9. The van der Waals surface area contributed by atoms with Gasteiger partial charge >= 0.3 is 5.97 Å². The first-order valence-corrected chi connectivity index (χ1v) is 37.1. The van der Waals surface area contributed by atoms with Crippen LogP contribution in [0.25, 0.3) is 50.0 Å². The van der Waals surface area contributed by atoms with Gasteiger partial charge in [-0.2, -0.15) is 4.33 Å². The number of nitrogens with zero attached hydrogens (tertiary/aromatic N) is 4. The number of ketones is 1. The van der Waals surface area contributed by atoms with Crippen LogP contribution in [0.2, 0.25) is 0 Å². The first kappa shape index (κ1) is 73.7. The number of benzene rings is 6. The summed E-state index contributed by atoms with van der Waals surface area (Å²) < 4.78 is 72.3.